The molecule has 0 radical (unpaired) electrons. The Balaban J connectivity index is 1.50. The second-order valence-corrected chi connectivity index (χ2v) is 6.69. The van der Waals surface area contributed by atoms with Crippen molar-refractivity contribution in [3.05, 3.63) is 89.4 Å². The first-order valence-corrected chi connectivity index (χ1v) is 9.05. The molecule has 142 valence electrons. The lowest BCUT2D eigenvalue weighted by Crippen LogP contribution is -2.51. The summed E-state index contributed by atoms with van der Waals surface area (Å²) in [4.78, 5) is 26.4. The maximum Gasteiger partial charge on any atom is 0.290 e. The van der Waals surface area contributed by atoms with Crippen LogP contribution in [0, 0.1) is 0 Å². The molecular formula is C22H20N2O4. The lowest BCUT2D eigenvalue weighted by Gasteiger charge is -2.34. The maximum absolute atomic E-state index is 13.0. The quantitative estimate of drug-likeness (QED) is 0.742. The Morgan fingerprint density at radius 1 is 1.00 bits per heavy atom. The number of fused-ring (bicyclic) bond motifs is 1. The summed E-state index contributed by atoms with van der Waals surface area (Å²) in [6.07, 6.45) is 0.405. The van der Waals surface area contributed by atoms with E-state index in [4.69, 9.17) is 14.9 Å². The van der Waals surface area contributed by atoms with Crippen molar-refractivity contribution in [1.29, 1.82) is 0 Å². The molecule has 1 aliphatic rings. The van der Waals surface area contributed by atoms with E-state index in [9.17, 15) is 9.59 Å². The van der Waals surface area contributed by atoms with Crippen LogP contribution in [0.5, 0.6) is 5.75 Å². The number of ether oxygens (including phenoxy) is 1. The van der Waals surface area contributed by atoms with Gasteiger partial charge in [-0.15, -0.1) is 0 Å². The molecule has 4 rings (SSSR count). The molecule has 6 nitrogen and oxygen atoms in total. The van der Waals surface area contributed by atoms with E-state index in [0.29, 0.717) is 24.5 Å². The fraction of sp³-hybridized carbons (Fsp3) is 0.182. The molecule has 0 spiro atoms. The Morgan fingerprint density at radius 3 is 2.46 bits per heavy atom. The third-order valence-corrected chi connectivity index (χ3v) is 4.83. The van der Waals surface area contributed by atoms with Crippen LogP contribution in [0.15, 0.2) is 71.1 Å². The van der Waals surface area contributed by atoms with Gasteiger partial charge in [0.05, 0.1) is 0 Å². The Labute approximate surface area is 162 Å². The standard InChI is InChI=1S/C22H20N2O4/c23-21(25)19-12-15-6-4-5-7-16(15)13-24(19)22(26)20-11-10-18(28-20)14-27-17-8-2-1-3-9-17/h1-11,19H,12-14H2,(H2,23,25). The topological polar surface area (TPSA) is 85.8 Å². The molecular weight excluding hydrogens is 356 g/mol. The lowest BCUT2D eigenvalue weighted by atomic mass is 9.93. The molecule has 6 heteroatoms. The summed E-state index contributed by atoms with van der Waals surface area (Å²) in [5, 5.41) is 0. The van der Waals surface area contributed by atoms with Gasteiger partial charge in [0.25, 0.3) is 5.91 Å². The van der Waals surface area contributed by atoms with Gasteiger partial charge in [0, 0.05) is 13.0 Å². The maximum atomic E-state index is 13.0. The Kier molecular flexibility index (Phi) is 4.85. The van der Waals surface area contributed by atoms with Crippen LogP contribution in [0.3, 0.4) is 0 Å². The van der Waals surface area contributed by atoms with Crippen LogP contribution in [0.2, 0.25) is 0 Å². The molecule has 2 amide bonds. The minimum atomic E-state index is -0.698. The second-order valence-electron chi connectivity index (χ2n) is 6.69. The second kappa shape index (κ2) is 7.60. The van der Waals surface area contributed by atoms with Crippen molar-refractivity contribution >= 4 is 11.8 Å². The van der Waals surface area contributed by atoms with Gasteiger partial charge in [-0.05, 0) is 35.4 Å². The monoisotopic (exact) mass is 376 g/mol. The van der Waals surface area contributed by atoms with Crippen LogP contribution >= 0.6 is 0 Å². The van der Waals surface area contributed by atoms with Gasteiger partial charge in [-0.25, -0.2) is 0 Å². The average molecular weight is 376 g/mol. The number of primary amides is 1. The van der Waals surface area contributed by atoms with E-state index < -0.39 is 11.9 Å². The molecule has 1 unspecified atom stereocenters. The van der Waals surface area contributed by atoms with E-state index >= 15 is 0 Å². The number of benzene rings is 2. The van der Waals surface area contributed by atoms with Crippen LogP contribution < -0.4 is 10.5 Å². The number of amides is 2. The molecule has 28 heavy (non-hydrogen) atoms. The minimum Gasteiger partial charge on any atom is -0.486 e. The zero-order valence-electron chi connectivity index (χ0n) is 15.2. The minimum absolute atomic E-state index is 0.164. The summed E-state index contributed by atoms with van der Waals surface area (Å²) in [6, 6.07) is 19.7. The Hall–Kier alpha value is -3.54. The van der Waals surface area contributed by atoms with Gasteiger partial charge in [0.1, 0.15) is 24.2 Å². The van der Waals surface area contributed by atoms with Gasteiger partial charge in [0.15, 0.2) is 5.76 Å². The summed E-state index contributed by atoms with van der Waals surface area (Å²) < 4.78 is 11.3. The third kappa shape index (κ3) is 3.62. The van der Waals surface area contributed by atoms with Crippen molar-refractivity contribution in [2.24, 2.45) is 5.73 Å². The summed E-state index contributed by atoms with van der Waals surface area (Å²) in [6.45, 7) is 0.526. The predicted molar refractivity (Wildman–Crippen MR) is 102 cm³/mol. The van der Waals surface area contributed by atoms with Crippen molar-refractivity contribution in [3.63, 3.8) is 0 Å². The molecule has 0 saturated heterocycles. The highest BCUT2D eigenvalue weighted by molar-refractivity contribution is 5.95. The summed E-state index contributed by atoms with van der Waals surface area (Å²) in [5.41, 5.74) is 7.61. The third-order valence-electron chi connectivity index (χ3n) is 4.83. The molecule has 0 bridgehead atoms. The average Bonchev–Trinajstić information content (AvgIpc) is 3.20. The van der Waals surface area contributed by atoms with Crippen LogP contribution in [0.4, 0.5) is 0 Å². The molecule has 0 saturated carbocycles. The highest BCUT2D eigenvalue weighted by Crippen LogP contribution is 2.25. The SMILES string of the molecule is NC(=O)C1Cc2ccccc2CN1C(=O)c1ccc(COc2ccccc2)o1. The fourth-order valence-corrected chi connectivity index (χ4v) is 3.37. The fourth-order valence-electron chi connectivity index (χ4n) is 3.37. The molecule has 1 aliphatic heterocycles. The number of carbonyl (C=O) groups is 2. The van der Waals surface area contributed by atoms with Crippen LogP contribution in [-0.2, 0) is 24.4 Å². The molecule has 3 aromatic rings. The van der Waals surface area contributed by atoms with Crippen molar-refractivity contribution < 1.29 is 18.7 Å². The Bertz CT molecular complexity index is 997. The summed E-state index contributed by atoms with van der Waals surface area (Å²) in [7, 11) is 0. The Morgan fingerprint density at radius 2 is 1.71 bits per heavy atom. The normalized spacial score (nSPS) is 15.7. The van der Waals surface area contributed by atoms with Crippen LogP contribution in [-0.4, -0.2) is 22.8 Å². The number of hydrogen-bond donors (Lipinski definition) is 1. The smallest absolute Gasteiger partial charge is 0.290 e. The number of furan rings is 1. The molecule has 0 aliphatic carbocycles. The van der Waals surface area contributed by atoms with Crippen molar-refractivity contribution in [2.75, 3.05) is 0 Å². The number of rotatable bonds is 5. The number of nitrogens with zero attached hydrogens (tertiary/aromatic N) is 1. The largest absolute Gasteiger partial charge is 0.486 e. The van der Waals surface area contributed by atoms with Gasteiger partial charge in [-0.3, -0.25) is 9.59 Å². The van der Waals surface area contributed by atoms with Crippen molar-refractivity contribution in [3.8, 4) is 5.75 Å². The van der Waals surface area contributed by atoms with E-state index in [-0.39, 0.29) is 18.3 Å². The van der Waals surface area contributed by atoms with Gasteiger partial charge >= 0.3 is 0 Å². The zero-order chi connectivity index (χ0) is 19.5. The van der Waals surface area contributed by atoms with Crippen molar-refractivity contribution in [1.82, 2.24) is 4.90 Å². The first-order valence-electron chi connectivity index (χ1n) is 9.05. The van der Waals surface area contributed by atoms with E-state index in [1.54, 1.807) is 12.1 Å². The van der Waals surface area contributed by atoms with Gasteiger partial charge in [0.2, 0.25) is 5.91 Å². The number of hydrogen-bond acceptors (Lipinski definition) is 4. The first-order chi connectivity index (χ1) is 13.6. The zero-order valence-corrected chi connectivity index (χ0v) is 15.2. The molecule has 2 N–H and O–H groups in total. The molecule has 2 heterocycles. The molecule has 0 fully saturated rings. The number of carbonyl (C=O) groups excluding carboxylic acids is 2. The van der Waals surface area contributed by atoms with Crippen LogP contribution in [0.25, 0.3) is 0 Å². The van der Waals surface area contributed by atoms with E-state index in [1.807, 2.05) is 54.6 Å². The van der Waals surface area contributed by atoms with Gasteiger partial charge in [-0.1, -0.05) is 42.5 Å². The summed E-state index contributed by atoms with van der Waals surface area (Å²) >= 11 is 0. The van der Waals surface area contributed by atoms with E-state index in [1.165, 1.54) is 4.90 Å². The number of nitrogens with two attached hydrogens (primary N) is 1. The molecule has 1 aromatic heterocycles. The van der Waals surface area contributed by atoms with Crippen LogP contribution in [0.1, 0.15) is 27.4 Å². The van der Waals surface area contributed by atoms with Gasteiger partial charge in [-0.2, -0.15) is 0 Å². The van der Waals surface area contributed by atoms with Gasteiger partial charge < -0.3 is 19.8 Å². The predicted octanol–water partition coefficient (Wildman–Crippen LogP) is 2.91. The number of para-hydroxylation sites is 1. The highest BCUT2D eigenvalue weighted by Gasteiger charge is 2.34. The summed E-state index contributed by atoms with van der Waals surface area (Å²) in [5.74, 6) is 0.525. The van der Waals surface area contributed by atoms with Crippen molar-refractivity contribution in [2.45, 2.75) is 25.6 Å². The molecule has 1 atom stereocenters. The van der Waals surface area contributed by atoms with E-state index in [2.05, 4.69) is 0 Å². The lowest BCUT2D eigenvalue weighted by molar-refractivity contribution is -0.122. The highest BCUT2D eigenvalue weighted by atomic mass is 16.5. The first kappa shape index (κ1) is 17.9. The van der Waals surface area contributed by atoms with E-state index in [0.717, 1.165) is 11.1 Å². The molecule has 2 aromatic carbocycles.